The Labute approximate surface area is 118 Å². The third-order valence-corrected chi connectivity index (χ3v) is 3.50. The molecule has 1 aromatic carbocycles. The maximum atomic E-state index is 4.52. The zero-order valence-corrected chi connectivity index (χ0v) is 12.0. The standard InChI is InChI=1S/C17H17N3/c1-12-4-9-16(13(2)19-12)14-5-7-15(8-6-14)17-18-10-11-20(17)3/h4-11H,1-3H3. The summed E-state index contributed by atoms with van der Waals surface area (Å²) in [4.78, 5) is 8.89. The van der Waals surface area contributed by atoms with Gasteiger partial charge in [0, 0.05) is 42.0 Å². The first kappa shape index (κ1) is 12.6. The molecule has 0 saturated heterocycles. The van der Waals surface area contributed by atoms with Crippen molar-refractivity contribution in [2.45, 2.75) is 13.8 Å². The smallest absolute Gasteiger partial charge is 0.139 e. The minimum atomic E-state index is 0.982. The molecular weight excluding hydrogens is 246 g/mol. The fraction of sp³-hybridized carbons (Fsp3) is 0.176. The summed E-state index contributed by atoms with van der Waals surface area (Å²) in [5.41, 5.74) is 5.61. The van der Waals surface area contributed by atoms with Gasteiger partial charge in [-0.1, -0.05) is 30.3 Å². The predicted octanol–water partition coefficient (Wildman–Crippen LogP) is 3.77. The molecule has 0 amide bonds. The first-order valence-electron chi connectivity index (χ1n) is 6.67. The lowest BCUT2D eigenvalue weighted by Gasteiger charge is -2.08. The zero-order valence-electron chi connectivity index (χ0n) is 12.0. The first-order chi connectivity index (χ1) is 9.65. The predicted molar refractivity (Wildman–Crippen MR) is 81.3 cm³/mol. The molecule has 0 bridgehead atoms. The highest BCUT2D eigenvalue weighted by Gasteiger charge is 2.06. The number of hydrogen-bond acceptors (Lipinski definition) is 2. The van der Waals surface area contributed by atoms with E-state index in [1.54, 1.807) is 0 Å². The Morgan fingerprint density at radius 1 is 0.900 bits per heavy atom. The van der Waals surface area contributed by atoms with Gasteiger partial charge < -0.3 is 4.57 Å². The Balaban J connectivity index is 1.99. The first-order valence-corrected chi connectivity index (χ1v) is 6.67. The monoisotopic (exact) mass is 263 g/mol. The minimum Gasteiger partial charge on any atom is -0.334 e. The molecule has 0 aliphatic carbocycles. The summed E-state index contributed by atoms with van der Waals surface area (Å²) in [6.45, 7) is 4.07. The lowest BCUT2D eigenvalue weighted by Crippen LogP contribution is -1.92. The van der Waals surface area contributed by atoms with Gasteiger partial charge in [-0.05, 0) is 25.5 Å². The molecule has 3 aromatic rings. The van der Waals surface area contributed by atoms with E-state index in [2.05, 4.69) is 53.3 Å². The minimum absolute atomic E-state index is 0.982. The SMILES string of the molecule is Cc1ccc(-c2ccc(-c3nccn3C)cc2)c(C)n1. The van der Waals surface area contributed by atoms with Crippen LogP contribution in [0.1, 0.15) is 11.4 Å². The van der Waals surface area contributed by atoms with Gasteiger partial charge in [-0.3, -0.25) is 4.98 Å². The normalized spacial score (nSPS) is 10.8. The van der Waals surface area contributed by atoms with Crippen LogP contribution >= 0.6 is 0 Å². The summed E-state index contributed by atoms with van der Waals surface area (Å²) in [6, 6.07) is 12.7. The van der Waals surface area contributed by atoms with Crippen LogP contribution in [-0.4, -0.2) is 14.5 Å². The summed E-state index contributed by atoms with van der Waals surface area (Å²) in [5, 5.41) is 0. The van der Waals surface area contributed by atoms with E-state index in [4.69, 9.17) is 0 Å². The highest BCUT2D eigenvalue weighted by molar-refractivity contribution is 5.69. The van der Waals surface area contributed by atoms with E-state index in [-0.39, 0.29) is 0 Å². The number of pyridine rings is 1. The maximum Gasteiger partial charge on any atom is 0.139 e. The molecule has 0 saturated carbocycles. The van der Waals surface area contributed by atoms with Gasteiger partial charge in [0.25, 0.3) is 0 Å². The Kier molecular flexibility index (Phi) is 3.11. The second-order valence-electron chi connectivity index (χ2n) is 5.02. The second kappa shape index (κ2) is 4.93. The molecule has 2 aromatic heterocycles. The largest absolute Gasteiger partial charge is 0.334 e. The van der Waals surface area contributed by atoms with Crippen molar-refractivity contribution in [3.63, 3.8) is 0 Å². The Bertz CT molecular complexity index is 739. The van der Waals surface area contributed by atoms with Crippen LogP contribution in [0.4, 0.5) is 0 Å². The molecule has 0 spiro atoms. The molecule has 0 aliphatic rings. The average Bonchev–Trinajstić information content (AvgIpc) is 2.85. The summed E-state index contributed by atoms with van der Waals surface area (Å²) >= 11 is 0. The van der Waals surface area contributed by atoms with Crippen molar-refractivity contribution >= 4 is 0 Å². The van der Waals surface area contributed by atoms with Crippen molar-refractivity contribution in [2.75, 3.05) is 0 Å². The molecule has 0 radical (unpaired) electrons. The van der Waals surface area contributed by atoms with Crippen molar-refractivity contribution in [1.82, 2.24) is 14.5 Å². The van der Waals surface area contributed by atoms with Crippen LogP contribution in [-0.2, 0) is 7.05 Å². The van der Waals surface area contributed by atoms with Crippen LogP contribution in [0.3, 0.4) is 0 Å². The third-order valence-electron chi connectivity index (χ3n) is 3.50. The quantitative estimate of drug-likeness (QED) is 0.704. The fourth-order valence-electron chi connectivity index (χ4n) is 2.43. The molecule has 0 atom stereocenters. The van der Waals surface area contributed by atoms with Crippen molar-refractivity contribution in [3.05, 3.63) is 60.2 Å². The lowest BCUT2D eigenvalue weighted by atomic mass is 10.0. The molecule has 3 rings (SSSR count). The van der Waals surface area contributed by atoms with E-state index in [1.165, 1.54) is 11.1 Å². The number of hydrogen-bond donors (Lipinski definition) is 0. The summed E-state index contributed by atoms with van der Waals surface area (Å²) < 4.78 is 2.02. The number of imidazole rings is 1. The van der Waals surface area contributed by atoms with Gasteiger partial charge in [0.2, 0.25) is 0 Å². The zero-order chi connectivity index (χ0) is 14.1. The molecule has 3 nitrogen and oxygen atoms in total. The van der Waals surface area contributed by atoms with Crippen molar-refractivity contribution in [2.24, 2.45) is 7.05 Å². The third kappa shape index (κ3) is 2.23. The number of aromatic nitrogens is 3. The van der Waals surface area contributed by atoms with E-state index in [0.717, 1.165) is 22.8 Å². The number of aryl methyl sites for hydroxylation is 3. The molecule has 100 valence electrons. The number of rotatable bonds is 2. The van der Waals surface area contributed by atoms with Gasteiger partial charge >= 0.3 is 0 Å². The topological polar surface area (TPSA) is 30.7 Å². The van der Waals surface area contributed by atoms with Gasteiger partial charge in [0.05, 0.1) is 0 Å². The molecule has 2 heterocycles. The highest BCUT2D eigenvalue weighted by Crippen LogP contribution is 2.25. The summed E-state index contributed by atoms with van der Waals surface area (Å²) in [5.74, 6) is 0.982. The van der Waals surface area contributed by atoms with E-state index in [1.807, 2.05) is 30.9 Å². The van der Waals surface area contributed by atoms with Crippen LogP contribution in [0, 0.1) is 13.8 Å². The summed E-state index contributed by atoms with van der Waals surface area (Å²) in [6.07, 6.45) is 3.77. The van der Waals surface area contributed by atoms with E-state index in [0.29, 0.717) is 0 Å². The Hall–Kier alpha value is -2.42. The van der Waals surface area contributed by atoms with Gasteiger partial charge in [0.1, 0.15) is 5.82 Å². The number of nitrogens with zero attached hydrogens (tertiary/aromatic N) is 3. The van der Waals surface area contributed by atoms with Gasteiger partial charge in [-0.15, -0.1) is 0 Å². The van der Waals surface area contributed by atoms with Crippen molar-refractivity contribution < 1.29 is 0 Å². The van der Waals surface area contributed by atoms with E-state index < -0.39 is 0 Å². The Morgan fingerprint density at radius 3 is 2.20 bits per heavy atom. The van der Waals surface area contributed by atoms with Gasteiger partial charge in [0.15, 0.2) is 0 Å². The van der Waals surface area contributed by atoms with Crippen molar-refractivity contribution in [3.8, 4) is 22.5 Å². The molecule has 20 heavy (non-hydrogen) atoms. The van der Waals surface area contributed by atoms with Crippen LogP contribution in [0.25, 0.3) is 22.5 Å². The molecular formula is C17H17N3. The maximum absolute atomic E-state index is 4.52. The second-order valence-corrected chi connectivity index (χ2v) is 5.02. The molecule has 0 aliphatic heterocycles. The van der Waals surface area contributed by atoms with Gasteiger partial charge in [-0.25, -0.2) is 4.98 Å². The van der Waals surface area contributed by atoms with Crippen LogP contribution < -0.4 is 0 Å². The molecule has 0 N–H and O–H groups in total. The molecule has 0 fully saturated rings. The van der Waals surface area contributed by atoms with E-state index >= 15 is 0 Å². The number of benzene rings is 1. The highest BCUT2D eigenvalue weighted by atomic mass is 15.0. The van der Waals surface area contributed by atoms with Crippen LogP contribution in [0.2, 0.25) is 0 Å². The molecule has 3 heteroatoms. The Morgan fingerprint density at radius 2 is 1.60 bits per heavy atom. The van der Waals surface area contributed by atoms with Crippen molar-refractivity contribution in [1.29, 1.82) is 0 Å². The van der Waals surface area contributed by atoms with Crippen LogP contribution in [0.5, 0.6) is 0 Å². The van der Waals surface area contributed by atoms with Crippen LogP contribution in [0.15, 0.2) is 48.8 Å². The average molecular weight is 263 g/mol. The lowest BCUT2D eigenvalue weighted by molar-refractivity contribution is 0.925. The molecule has 0 unspecified atom stereocenters. The summed E-state index contributed by atoms with van der Waals surface area (Å²) in [7, 11) is 2.00. The fourth-order valence-corrected chi connectivity index (χ4v) is 2.43. The van der Waals surface area contributed by atoms with E-state index in [9.17, 15) is 0 Å². The van der Waals surface area contributed by atoms with Gasteiger partial charge in [-0.2, -0.15) is 0 Å².